The first-order chi connectivity index (χ1) is 13.2. The van der Waals surface area contributed by atoms with Crippen LogP contribution in [0.5, 0.6) is 0 Å². The SMILES string of the molecule is Cc1nc(-c2nnn(C)c2N(C(=O)O)[C@H](C)c2cc(F)cnc2F)ccc1N.Cl. The lowest BCUT2D eigenvalue weighted by atomic mass is 10.1. The van der Waals surface area contributed by atoms with Gasteiger partial charge in [-0.05, 0) is 32.0 Å². The number of hydrogen-bond acceptors (Lipinski definition) is 6. The van der Waals surface area contributed by atoms with Gasteiger partial charge in [0.1, 0.15) is 5.82 Å². The summed E-state index contributed by atoms with van der Waals surface area (Å²) in [5.74, 6) is -1.72. The summed E-state index contributed by atoms with van der Waals surface area (Å²) in [4.78, 5) is 20.5. The number of carbonyl (C=O) groups is 1. The lowest BCUT2D eigenvalue weighted by Gasteiger charge is -2.27. The van der Waals surface area contributed by atoms with Crippen molar-refractivity contribution >= 4 is 30.0 Å². The van der Waals surface area contributed by atoms with Gasteiger partial charge in [0.05, 0.1) is 29.3 Å². The normalized spacial score (nSPS) is 11.6. The van der Waals surface area contributed by atoms with E-state index in [0.29, 0.717) is 17.1 Å². The lowest BCUT2D eigenvalue weighted by Crippen LogP contribution is -2.34. The second-order valence-corrected chi connectivity index (χ2v) is 6.12. The van der Waals surface area contributed by atoms with Crippen LogP contribution in [-0.4, -0.2) is 36.2 Å². The Bertz CT molecular complexity index is 1060. The summed E-state index contributed by atoms with van der Waals surface area (Å²) in [6.45, 7) is 3.10. The zero-order valence-electron chi connectivity index (χ0n) is 15.7. The zero-order valence-corrected chi connectivity index (χ0v) is 16.5. The fourth-order valence-electron chi connectivity index (χ4n) is 2.80. The smallest absolute Gasteiger partial charge is 0.413 e. The molecule has 154 valence electrons. The highest BCUT2D eigenvalue weighted by molar-refractivity contribution is 5.90. The molecule has 0 unspecified atom stereocenters. The highest BCUT2D eigenvalue weighted by Gasteiger charge is 2.32. The number of anilines is 2. The number of amides is 1. The van der Waals surface area contributed by atoms with Crippen LogP contribution in [0, 0.1) is 18.7 Å². The first-order valence-electron chi connectivity index (χ1n) is 8.17. The van der Waals surface area contributed by atoms with Crippen LogP contribution in [0.1, 0.15) is 24.2 Å². The Labute approximate surface area is 170 Å². The first kappa shape index (κ1) is 22.0. The molecule has 3 aromatic rings. The highest BCUT2D eigenvalue weighted by atomic mass is 35.5. The minimum atomic E-state index is -1.41. The molecule has 0 saturated carbocycles. The van der Waals surface area contributed by atoms with Gasteiger partial charge in [-0.3, -0.25) is 4.90 Å². The van der Waals surface area contributed by atoms with Gasteiger partial charge in [-0.1, -0.05) is 5.21 Å². The molecule has 0 radical (unpaired) electrons. The van der Waals surface area contributed by atoms with Crippen LogP contribution in [0.25, 0.3) is 11.4 Å². The topological polar surface area (TPSA) is 123 Å². The van der Waals surface area contributed by atoms with Crippen molar-refractivity contribution in [3.8, 4) is 11.4 Å². The second kappa shape index (κ2) is 8.35. The molecule has 3 rings (SSSR count). The van der Waals surface area contributed by atoms with Crippen molar-refractivity contribution in [2.75, 3.05) is 10.6 Å². The van der Waals surface area contributed by atoms with E-state index in [9.17, 15) is 18.7 Å². The van der Waals surface area contributed by atoms with E-state index >= 15 is 0 Å². The Kier molecular flexibility index (Phi) is 6.32. The quantitative estimate of drug-likeness (QED) is 0.615. The van der Waals surface area contributed by atoms with E-state index in [4.69, 9.17) is 5.73 Å². The van der Waals surface area contributed by atoms with Crippen molar-refractivity contribution in [1.29, 1.82) is 0 Å². The van der Waals surface area contributed by atoms with Crippen LogP contribution in [0.2, 0.25) is 0 Å². The summed E-state index contributed by atoms with van der Waals surface area (Å²) in [6.07, 6.45) is -0.690. The van der Waals surface area contributed by atoms with Crippen molar-refractivity contribution in [2.45, 2.75) is 19.9 Å². The number of carboxylic acid groups (broad SMARTS) is 1. The van der Waals surface area contributed by atoms with E-state index in [2.05, 4.69) is 20.3 Å². The maximum atomic E-state index is 14.1. The van der Waals surface area contributed by atoms with Gasteiger partial charge in [0.15, 0.2) is 11.5 Å². The third-order valence-corrected chi connectivity index (χ3v) is 4.27. The number of nitrogens with zero attached hydrogens (tertiary/aromatic N) is 6. The van der Waals surface area contributed by atoms with Crippen molar-refractivity contribution < 1.29 is 18.7 Å². The van der Waals surface area contributed by atoms with Gasteiger partial charge >= 0.3 is 6.09 Å². The molecule has 0 aliphatic rings. The minimum absolute atomic E-state index is 0. The van der Waals surface area contributed by atoms with Gasteiger partial charge in [-0.15, -0.1) is 17.5 Å². The van der Waals surface area contributed by atoms with Gasteiger partial charge in [0.2, 0.25) is 5.95 Å². The number of nitrogens with two attached hydrogens (primary N) is 1. The number of pyridine rings is 2. The average Bonchev–Trinajstić information content (AvgIpc) is 3.00. The van der Waals surface area contributed by atoms with E-state index < -0.39 is 23.9 Å². The average molecular weight is 426 g/mol. The number of hydrogen-bond donors (Lipinski definition) is 2. The summed E-state index contributed by atoms with van der Waals surface area (Å²) < 4.78 is 28.9. The molecule has 3 aromatic heterocycles. The molecule has 0 aromatic carbocycles. The van der Waals surface area contributed by atoms with E-state index in [1.165, 1.54) is 18.7 Å². The highest BCUT2D eigenvalue weighted by Crippen LogP contribution is 2.34. The summed E-state index contributed by atoms with van der Waals surface area (Å²) in [6, 6.07) is 2.97. The Hall–Kier alpha value is -3.34. The van der Waals surface area contributed by atoms with E-state index in [1.807, 2.05) is 0 Å². The number of aryl methyl sites for hydroxylation is 2. The lowest BCUT2D eigenvalue weighted by molar-refractivity contribution is 0.199. The van der Waals surface area contributed by atoms with Gasteiger partial charge in [-0.25, -0.2) is 23.8 Å². The Balaban J connectivity index is 0.00000300. The van der Waals surface area contributed by atoms with E-state index in [0.717, 1.165) is 17.2 Å². The number of halogens is 3. The molecular formula is C17H18ClF2N7O2. The predicted molar refractivity (Wildman–Crippen MR) is 104 cm³/mol. The van der Waals surface area contributed by atoms with Crippen LogP contribution in [0.4, 0.5) is 25.1 Å². The van der Waals surface area contributed by atoms with Crippen LogP contribution < -0.4 is 10.6 Å². The molecule has 0 spiro atoms. The van der Waals surface area contributed by atoms with Crippen molar-refractivity contribution in [3.63, 3.8) is 0 Å². The van der Waals surface area contributed by atoms with Crippen molar-refractivity contribution in [1.82, 2.24) is 25.0 Å². The van der Waals surface area contributed by atoms with Crippen LogP contribution in [0.15, 0.2) is 24.4 Å². The molecule has 1 atom stereocenters. The first-order valence-corrected chi connectivity index (χ1v) is 8.17. The minimum Gasteiger partial charge on any atom is -0.465 e. The maximum absolute atomic E-state index is 14.1. The molecule has 0 bridgehead atoms. The standard InChI is InChI=1S/C17H17F2N7O2.ClH/c1-8-12(20)4-5-13(22-8)14-16(25(3)24-23-14)26(17(27)28)9(2)11-6-10(18)7-21-15(11)19;/h4-7,9H,20H2,1-3H3,(H,27,28);1H/t9-;/m1./s1. The molecule has 0 fully saturated rings. The maximum Gasteiger partial charge on any atom is 0.413 e. The molecule has 3 N–H and O–H groups in total. The Morgan fingerprint density at radius 3 is 2.66 bits per heavy atom. The third kappa shape index (κ3) is 4.09. The van der Waals surface area contributed by atoms with Crippen molar-refractivity contribution in [2.24, 2.45) is 7.05 Å². The van der Waals surface area contributed by atoms with Gasteiger partial charge < -0.3 is 10.8 Å². The third-order valence-electron chi connectivity index (χ3n) is 4.27. The van der Waals surface area contributed by atoms with Crippen molar-refractivity contribution in [3.05, 3.63) is 47.4 Å². The molecule has 0 aliphatic carbocycles. The zero-order chi connectivity index (χ0) is 20.6. The van der Waals surface area contributed by atoms with Crippen LogP contribution in [-0.2, 0) is 7.05 Å². The molecular weight excluding hydrogens is 408 g/mol. The fourth-order valence-corrected chi connectivity index (χ4v) is 2.80. The summed E-state index contributed by atoms with van der Waals surface area (Å²) in [5.41, 5.74) is 7.05. The Morgan fingerprint density at radius 2 is 2.03 bits per heavy atom. The summed E-state index contributed by atoms with van der Waals surface area (Å²) >= 11 is 0. The Morgan fingerprint density at radius 1 is 1.34 bits per heavy atom. The predicted octanol–water partition coefficient (Wildman–Crippen LogP) is 3.11. The van der Waals surface area contributed by atoms with E-state index in [1.54, 1.807) is 19.1 Å². The molecule has 12 heteroatoms. The van der Waals surface area contributed by atoms with Crippen LogP contribution in [0.3, 0.4) is 0 Å². The van der Waals surface area contributed by atoms with Crippen LogP contribution >= 0.6 is 12.4 Å². The van der Waals surface area contributed by atoms with Gasteiger partial charge in [0, 0.05) is 12.6 Å². The fraction of sp³-hybridized carbons (Fsp3) is 0.235. The molecule has 1 amide bonds. The summed E-state index contributed by atoms with van der Waals surface area (Å²) in [7, 11) is 1.48. The second-order valence-electron chi connectivity index (χ2n) is 6.12. The molecule has 29 heavy (non-hydrogen) atoms. The monoisotopic (exact) mass is 425 g/mol. The summed E-state index contributed by atoms with van der Waals surface area (Å²) in [5, 5.41) is 17.7. The number of aromatic nitrogens is 5. The number of rotatable bonds is 4. The largest absolute Gasteiger partial charge is 0.465 e. The molecule has 3 heterocycles. The molecule has 0 aliphatic heterocycles. The molecule has 9 nitrogen and oxygen atoms in total. The molecule has 0 saturated heterocycles. The van der Waals surface area contributed by atoms with Gasteiger partial charge in [-0.2, -0.15) is 4.39 Å². The number of nitrogen functional groups attached to an aromatic ring is 1. The van der Waals surface area contributed by atoms with Gasteiger partial charge in [0.25, 0.3) is 0 Å². The van der Waals surface area contributed by atoms with E-state index in [-0.39, 0.29) is 29.5 Å².